The van der Waals surface area contributed by atoms with Gasteiger partial charge in [0.15, 0.2) is 0 Å². The van der Waals surface area contributed by atoms with E-state index < -0.39 is 10.0 Å². The number of hydrogen-bond donors (Lipinski definition) is 1. The van der Waals surface area contributed by atoms with Crippen molar-refractivity contribution in [3.8, 4) is 0 Å². The van der Waals surface area contributed by atoms with E-state index in [1.54, 1.807) is 17.5 Å². The van der Waals surface area contributed by atoms with Gasteiger partial charge >= 0.3 is 0 Å². The Morgan fingerprint density at radius 3 is 2.50 bits per heavy atom. The van der Waals surface area contributed by atoms with Crippen LogP contribution in [0.2, 0.25) is 0 Å². The third-order valence-electron chi connectivity index (χ3n) is 4.05. The van der Waals surface area contributed by atoms with Crippen LogP contribution in [-0.2, 0) is 14.8 Å². The van der Waals surface area contributed by atoms with Crippen molar-refractivity contribution in [1.29, 1.82) is 0 Å². The van der Waals surface area contributed by atoms with Crippen LogP contribution in [0, 0.1) is 5.92 Å². The molecule has 0 spiro atoms. The van der Waals surface area contributed by atoms with E-state index in [9.17, 15) is 13.2 Å². The average Bonchev–Trinajstić information content (AvgIpc) is 3.12. The molecule has 1 aromatic carbocycles. The van der Waals surface area contributed by atoms with Gasteiger partial charge in [-0.25, -0.2) is 8.42 Å². The number of piperidine rings is 1. The second kappa shape index (κ2) is 7.35. The summed E-state index contributed by atoms with van der Waals surface area (Å²) in [6, 6.07) is 10.8. The van der Waals surface area contributed by atoms with E-state index in [2.05, 4.69) is 21.2 Å². The molecule has 1 fully saturated rings. The van der Waals surface area contributed by atoms with Crippen LogP contribution < -0.4 is 5.32 Å². The van der Waals surface area contributed by atoms with Crippen LogP contribution in [0.5, 0.6) is 0 Å². The minimum Gasteiger partial charge on any atom is -0.325 e. The maximum absolute atomic E-state index is 12.5. The van der Waals surface area contributed by atoms with Crippen molar-refractivity contribution < 1.29 is 13.2 Å². The van der Waals surface area contributed by atoms with E-state index in [4.69, 9.17) is 0 Å². The van der Waals surface area contributed by atoms with Crippen LogP contribution in [0.1, 0.15) is 12.8 Å². The number of halogens is 1. The van der Waals surface area contributed by atoms with Crippen LogP contribution in [0.25, 0.3) is 0 Å². The number of rotatable bonds is 4. The quantitative estimate of drug-likeness (QED) is 0.809. The molecule has 8 heteroatoms. The maximum atomic E-state index is 12.5. The summed E-state index contributed by atoms with van der Waals surface area (Å²) >= 11 is 4.63. The van der Waals surface area contributed by atoms with E-state index in [-0.39, 0.29) is 11.8 Å². The molecule has 0 saturated carbocycles. The summed E-state index contributed by atoms with van der Waals surface area (Å²) in [5, 5.41) is 4.66. The highest BCUT2D eigenvalue weighted by Gasteiger charge is 2.32. The van der Waals surface area contributed by atoms with Crippen molar-refractivity contribution in [2.24, 2.45) is 5.92 Å². The van der Waals surface area contributed by atoms with Crippen molar-refractivity contribution in [3.63, 3.8) is 0 Å². The lowest BCUT2D eigenvalue weighted by Gasteiger charge is -2.30. The lowest BCUT2D eigenvalue weighted by molar-refractivity contribution is -0.120. The molecule has 1 saturated heterocycles. The van der Waals surface area contributed by atoms with Gasteiger partial charge in [0.2, 0.25) is 5.91 Å². The van der Waals surface area contributed by atoms with Gasteiger partial charge < -0.3 is 5.32 Å². The van der Waals surface area contributed by atoms with E-state index in [0.29, 0.717) is 30.1 Å². The molecule has 3 rings (SSSR count). The van der Waals surface area contributed by atoms with Crippen LogP contribution in [0.3, 0.4) is 0 Å². The zero-order valence-electron chi connectivity index (χ0n) is 12.8. The fraction of sp³-hybridized carbons (Fsp3) is 0.312. The van der Waals surface area contributed by atoms with E-state index in [0.717, 1.165) is 10.2 Å². The Balaban J connectivity index is 1.61. The van der Waals surface area contributed by atoms with Gasteiger partial charge in [-0.2, -0.15) is 4.31 Å². The number of carbonyl (C=O) groups excluding carboxylic acids is 1. The number of anilines is 1. The molecule has 1 aromatic heterocycles. The largest absolute Gasteiger partial charge is 0.325 e. The minimum absolute atomic E-state index is 0.0601. The molecule has 128 valence electrons. The number of hydrogen-bond acceptors (Lipinski definition) is 4. The molecule has 1 amide bonds. The number of thiophene rings is 1. The number of amides is 1. The number of carbonyl (C=O) groups is 1. The highest BCUT2D eigenvalue weighted by atomic mass is 79.9. The van der Waals surface area contributed by atoms with E-state index >= 15 is 0 Å². The molecule has 1 aliphatic heterocycles. The fourth-order valence-electron chi connectivity index (χ4n) is 2.69. The summed E-state index contributed by atoms with van der Waals surface area (Å²) in [7, 11) is -3.42. The van der Waals surface area contributed by atoms with Crippen LogP contribution >= 0.6 is 27.3 Å². The van der Waals surface area contributed by atoms with E-state index in [1.165, 1.54) is 15.6 Å². The van der Waals surface area contributed by atoms with Gasteiger partial charge in [0.05, 0.1) is 5.69 Å². The molecule has 2 heterocycles. The van der Waals surface area contributed by atoms with Gasteiger partial charge in [-0.05, 0) is 52.4 Å². The van der Waals surface area contributed by atoms with Crippen molar-refractivity contribution >= 4 is 48.9 Å². The van der Waals surface area contributed by atoms with Crippen LogP contribution in [0.4, 0.5) is 5.69 Å². The molecule has 24 heavy (non-hydrogen) atoms. The Bertz CT molecular complexity index is 814. The molecule has 0 radical (unpaired) electrons. The van der Waals surface area contributed by atoms with E-state index in [1.807, 2.05) is 24.3 Å². The van der Waals surface area contributed by atoms with Crippen LogP contribution in [-0.4, -0.2) is 31.7 Å². The molecule has 0 atom stereocenters. The Hall–Kier alpha value is -1.22. The molecule has 2 aromatic rings. The van der Waals surface area contributed by atoms with Gasteiger partial charge in [0.25, 0.3) is 10.0 Å². The predicted molar refractivity (Wildman–Crippen MR) is 98.6 cm³/mol. The Morgan fingerprint density at radius 1 is 1.17 bits per heavy atom. The molecule has 0 aliphatic carbocycles. The SMILES string of the molecule is O=C(Nc1ccccc1Br)C1CCN(S(=O)(=O)c2cccs2)CC1. The van der Waals surface area contributed by atoms with Gasteiger partial charge in [0.1, 0.15) is 4.21 Å². The summed E-state index contributed by atoms with van der Waals surface area (Å²) in [4.78, 5) is 12.4. The summed E-state index contributed by atoms with van der Waals surface area (Å²) in [6.45, 7) is 0.739. The van der Waals surface area contributed by atoms with Gasteiger partial charge in [0, 0.05) is 23.5 Å². The first-order valence-corrected chi connectivity index (χ1v) is 10.7. The smallest absolute Gasteiger partial charge is 0.252 e. The average molecular weight is 429 g/mol. The van der Waals surface area contributed by atoms with Crippen molar-refractivity contribution in [2.75, 3.05) is 18.4 Å². The molecule has 0 bridgehead atoms. The predicted octanol–water partition coefficient (Wildman–Crippen LogP) is 3.55. The number of benzene rings is 1. The first kappa shape index (κ1) is 17.6. The monoisotopic (exact) mass is 428 g/mol. The molecule has 5 nitrogen and oxygen atoms in total. The first-order valence-electron chi connectivity index (χ1n) is 7.57. The van der Waals surface area contributed by atoms with Crippen molar-refractivity contribution in [3.05, 3.63) is 46.3 Å². The topological polar surface area (TPSA) is 66.5 Å². The Morgan fingerprint density at radius 2 is 1.88 bits per heavy atom. The van der Waals surface area contributed by atoms with Crippen LogP contribution in [0.15, 0.2) is 50.5 Å². The van der Waals surface area contributed by atoms with Crippen molar-refractivity contribution in [1.82, 2.24) is 4.31 Å². The molecule has 1 N–H and O–H groups in total. The lowest BCUT2D eigenvalue weighted by Crippen LogP contribution is -2.41. The number of para-hydroxylation sites is 1. The standard InChI is InChI=1S/C16H17BrN2O3S2/c17-13-4-1-2-5-14(13)18-16(20)12-7-9-19(10-8-12)24(21,22)15-6-3-11-23-15/h1-6,11-12H,7-10H2,(H,18,20). The summed E-state index contributed by atoms with van der Waals surface area (Å²) in [5.74, 6) is -0.234. The number of sulfonamides is 1. The Kier molecular flexibility index (Phi) is 5.39. The molecule has 1 aliphatic rings. The van der Waals surface area contributed by atoms with Gasteiger partial charge in [-0.15, -0.1) is 11.3 Å². The molecular weight excluding hydrogens is 412 g/mol. The highest BCUT2D eigenvalue weighted by molar-refractivity contribution is 9.10. The summed E-state index contributed by atoms with van der Waals surface area (Å²) < 4.78 is 27.6. The third kappa shape index (κ3) is 3.72. The number of nitrogens with zero attached hydrogens (tertiary/aromatic N) is 1. The van der Waals surface area contributed by atoms with Gasteiger partial charge in [-0.3, -0.25) is 4.79 Å². The lowest BCUT2D eigenvalue weighted by atomic mass is 9.97. The summed E-state index contributed by atoms with van der Waals surface area (Å²) in [6.07, 6.45) is 1.06. The highest BCUT2D eigenvalue weighted by Crippen LogP contribution is 2.28. The second-order valence-corrected chi connectivity index (χ2v) is 9.55. The molecule has 0 unspecified atom stereocenters. The van der Waals surface area contributed by atoms with Crippen molar-refractivity contribution in [2.45, 2.75) is 17.1 Å². The number of nitrogens with one attached hydrogen (secondary N) is 1. The fourth-order valence-corrected chi connectivity index (χ4v) is 5.69. The Labute approximate surface area is 153 Å². The first-order chi connectivity index (χ1) is 11.5. The normalized spacial score (nSPS) is 16.9. The molecular formula is C16H17BrN2O3S2. The summed E-state index contributed by atoms with van der Waals surface area (Å²) in [5.41, 5.74) is 0.733. The zero-order valence-corrected chi connectivity index (χ0v) is 16.0. The van der Waals surface area contributed by atoms with Gasteiger partial charge in [-0.1, -0.05) is 18.2 Å². The second-order valence-electron chi connectivity index (χ2n) is 5.58. The minimum atomic E-state index is -3.42. The third-order valence-corrected chi connectivity index (χ3v) is 8.01. The zero-order chi connectivity index (χ0) is 17.2. The maximum Gasteiger partial charge on any atom is 0.252 e.